The van der Waals surface area contributed by atoms with E-state index in [1.807, 2.05) is 0 Å². The monoisotopic (exact) mass is 221 g/mol. The van der Waals surface area contributed by atoms with E-state index >= 15 is 0 Å². The fourth-order valence-electron chi connectivity index (χ4n) is 0.757. The molecule has 0 bridgehead atoms. The number of nitrogens with two attached hydrogens (primary N) is 1. The second-order valence-corrected chi connectivity index (χ2v) is 2.51. The maximum Gasteiger partial charge on any atom is 0.346 e. The Labute approximate surface area is 87.1 Å². The van der Waals surface area contributed by atoms with Crippen LogP contribution in [0.3, 0.4) is 0 Å². The van der Waals surface area contributed by atoms with Gasteiger partial charge in [0.2, 0.25) is 0 Å². The molecule has 1 unspecified atom stereocenters. The molecule has 0 spiro atoms. The highest BCUT2D eigenvalue weighted by Gasteiger charge is 2.27. The number of carbonyl (C=O) groups excluding carboxylic acids is 1. The van der Waals surface area contributed by atoms with Crippen LogP contribution in [0.4, 0.5) is 0 Å². The zero-order valence-corrected chi connectivity index (χ0v) is 8.47. The van der Waals surface area contributed by atoms with Gasteiger partial charge in [-0.05, 0) is 0 Å². The molecule has 0 saturated heterocycles. The van der Waals surface area contributed by atoms with Crippen LogP contribution in [-0.2, 0) is 23.8 Å². The smallest absolute Gasteiger partial charge is 0.346 e. The minimum atomic E-state index is -1.60. The molecule has 0 rings (SSSR count). The van der Waals surface area contributed by atoms with Gasteiger partial charge in [-0.2, -0.15) is 0 Å². The molecule has 0 amide bonds. The molecule has 0 aliphatic rings. The van der Waals surface area contributed by atoms with Gasteiger partial charge in [-0.25, -0.2) is 9.59 Å². The summed E-state index contributed by atoms with van der Waals surface area (Å²) in [6, 6.07) is 0. The minimum Gasteiger partial charge on any atom is -0.479 e. The third-order valence-electron chi connectivity index (χ3n) is 1.41. The fraction of sp³-hybridized carbons (Fsp3) is 0.750. The largest absolute Gasteiger partial charge is 0.479 e. The molecule has 7 nitrogen and oxygen atoms in total. The molecule has 0 aromatic rings. The minimum absolute atomic E-state index is 0.00787. The van der Waals surface area contributed by atoms with E-state index < -0.39 is 18.0 Å². The second-order valence-electron chi connectivity index (χ2n) is 2.51. The van der Waals surface area contributed by atoms with Crippen LogP contribution in [0.15, 0.2) is 0 Å². The second kappa shape index (κ2) is 8.16. The first-order valence-corrected chi connectivity index (χ1v) is 4.33. The standard InChI is InChI=1S/C8H15NO6/c1-13-8(12)6(7(10)11)15-5-4-14-3-2-9/h6H,2-5,9H2,1H3,(H,10,11). The molecule has 0 aromatic carbocycles. The average molecular weight is 221 g/mol. The van der Waals surface area contributed by atoms with Gasteiger partial charge >= 0.3 is 11.9 Å². The zero-order chi connectivity index (χ0) is 11.7. The normalized spacial score (nSPS) is 12.1. The van der Waals surface area contributed by atoms with Gasteiger partial charge in [0.05, 0.1) is 26.9 Å². The van der Waals surface area contributed by atoms with Crippen molar-refractivity contribution in [3.8, 4) is 0 Å². The highest BCUT2D eigenvalue weighted by Crippen LogP contribution is 1.95. The lowest BCUT2D eigenvalue weighted by Crippen LogP contribution is -2.34. The maximum atomic E-state index is 10.9. The molecule has 88 valence electrons. The van der Waals surface area contributed by atoms with Gasteiger partial charge in [-0.15, -0.1) is 0 Å². The van der Waals surface area contributed by atoms with E-state index in [1.54, 1.807) is 0 Å². The van der Waals surface area contributed by atoms with Crippen molar-refractivity contribution >= 4 is 11.9 Å². The summed E-state index contributed by atoms with van der Waals surface area (Å²) in [4.78, 5) is 21.4. The van der Waals surface area contributed by atoms with Crippen LogP contribution in [0.1, 0.15) is 0 Å². The third kappa shape index (κ3) is 6.00. The SMILES string of the molecule is COC(=O)C(OCCOCCN)C(=O)O. The van der Waals surface area contributed by atoms with Crippen LogP contribution in [-0.4, -0.2) is 56.6 Å². The maximum absolute atomic E-state index is 10.9. The van der Waals surface area contributed by atoms with Gasteiger partial charge in [0.1, 0.15) is 0 Å². The summed E-state index contributed by atoms with van der Waals surface area (Å²) in [6.45, 7) is 0.905. The van der Waals surface area contributed by atoms with Crippen molar-refractivity contribution < 1.29 is 28.9 Å². The molecule has 0 aliphatic carbocycles. The molecular formula is C8H15NO6. The van der Waals surface area contributed by atoms with Gasteiger partial charge < -0.3 is 25.1 Å². The predicted octanol–water partition coefficient (Wildman–Crippen LogP) is -1.40. The first-order valence-electron chi connectivity index (χ1n) is 4.33. The quantitative estimate of drug-likeness (QED) is 0.295. The van der Waals surface area contributed by atoms with Gasteiger partial charge in [-0.1, -0.05) is 0 Å². The first-order chi connectivity index (χ1) is 7.13. The number of hydrogen-bond donors (Lipinski definition) is 2. The van der Waals surface area contributed by atoms with E-state index in [1.165, 1.54) is 0 Å². The first kappa shape index (κ1) is 13.8. The van der Waals surface area contributed by atoms with Crippen LogP contribution in [0.25, 0.3) is 0 Å². The molecule has 0 fully saturated rings. The fourth-order valence-corrected chi connectivity index (χ4v) is 0.757. The molecule has 15 heavy (non-hydrogen) atoms. The topological polar surface area (TPSA) is 108 Å². The highest BCUT2D eigenvalue weighted by molar-refractivity contribution is 5.96. The van der Waals surface area contributed by atoms with Crippen molar-refractivity contribution in [3.63, 3.8) is 0 Å². The summed E-state index contributed by atoms with van der Waals surface area (Å²) in [5.41, 5.74) is 5.15. The number of methoxy groups -OCH3 is 1. The molecule has 0 aromatic heterocycles. The van der Waals surface area contributed by atoms with Crippen molar-refractivity contribution in [3.05, 3.63) is 0 Å². The Morgan fingerprint density at radius 3 is 2.47 bits per heavy atom. The number of ether oxygens (including phenoxy) is 3. The van der Waals surface area contributed by atoms with Gasteiger partial charge in [0.15, 0.2) is 0 Å². The van der Waals surface area contributed by atoms with E-state index in [4.69, 9.17) is 20.3 Å². The molecule has 0 saturated carbocycles. The number of rotatable bonds is 8. The number of aliphatic carboxylic acids is 1. The number of carboxylic acid groups (broad SMARTS) is 1. The van der Waals surface area contributed by atoms with Crippen molar-refractivity contribution in [2.75, 3.05) is 33.5 Å². The Morgan fingerprint density at radius 2 is 2.00 bits per heavy atom. The Balaban J connectivity index is 3.77. The van der Waals surface area contributed by atoms with Crippen molar-refractivity contribution in [1.29, 1.82) is 0 Å². The Morgan fingerprint density at radius 1 is 1.33 bits per heavy atom. The van der Waals surface area contributed by atoms with E-state index in [-0.39, 0.29) is 13.2 Å². The van der Waals surface area contributed by atoms with Gasteiger partial charge in [0, 0.05) is 6.54 Å². The summed E-state index contributed by atoms with van der Waals surface area (Å²) < 4.78 is 13.9. The number of esters is 1. The average Bonchev–Trinajstić information content (AvgIpc) is 2.22. The van der Waals surface area contributed by atoms with E-state index in [0.717, 1.165) is 7.11 Å². The Bertz CT molecular complexity index is 207. The van der Waals surface area contributed by atoms with Crippen LogP contribution >= 0.6 is 0 Å². The summed E-state index contributed by atoms with van der Waals surface area (Å²) in [6.07, 6.45) is -1.60. The van der Waals surface area contributed by atoms with Crippen molar-refractivity contribution in [2.45, 2.75) is 6.10 Å². The van der Waals surface area contributed by atoms with E-state index in [9.17, 15) is 9.59 Å². The summed E-state index contributed by atoms with van der Waals surface area (Å²) in [7, 11) is 1.09. The lowest BCUT2D eigenvalue weighted by Gasteiger charge is -2.11. The lowest BCUT2D eigenvalue weighted by atomic mass is 10.4. The van der Waals surface area contributed by atoms with Crippen LogP contribution < -0.4 is 5.73 Å². The molecular weight excluding hydrogens is 206 g/mol. The van der Waals surface area contributed by atoms with Crippen LogP contribution in [0.2, 0.25) is 0 Å². The molecule has 0 aliphatic heterocycles. The Kier molecular flexibility index (Phi) is 7.51. The summed E-state index contributed by atoms with van der Waals surface area (Å²) >= 11 is 0. The van der Waals surface area contributed by atoms with E-state index in [0.29, 0.717) is 13.2 Å². The number of carbonyl (C=O) groups is 2. The predicted molar refractivity (Wildman–Crippen MR) is 49.3 cm³/mol. The third-order valence-corrected chi connectivity index (χ3v) is 1.41. The molecule has 3 N–H and O–H groups in total. The summed E-state index contributed by atoms with van der Waals surface area (Å²) in [5.74, 6) is -2.33. The zero-order valence-electron chi connectivity index (χ0n) is 8.47. The van der Waals surface area contributed by atoms with E-state index in [2.05, 4.69) is 4.74 Å². The van der Waals surface area contributed by atoms with Crippen molar-refractivity contribution in [1.82, 2.24) is 0 Å². The van der Waals surface area contributed by atoms with Crippen LogP contribution in [0, 0.1) is 0 Å². The Hall–Kier alpha value is -1.18. The molecule has 7 heteroatoms. The van der Waals surface area contributed by atoms with Crippen molar-refractivity contribution in [2.24, 2.45) is 5.73 Å². The lowest BCUT2D eigenvalue weighted by molar-refractivity contribution is -0.168. The molecule has 0 heterocycles. The number of hydrogen-bond acceptors (Lipinski definition) is 6. The van der Waals surface area contributed by atoms with Gasteiger partial charge in [-0.3, -0.25) is 0 Å². The number of carboxylic acids is 1. The highest BCUT2D eigenvalue weighted by atomic mass is 16.6. The summed E-state index contributed by atoms with van der Waals surface area (Å²) in [5, 5.41) is 8.59. The molecule has 1 atom stereocenters. The van der Waals surface area contributed by atoms with Gasteiger partial charge in [0.25, 0.3) is 6.10 Å². The molecule has 0 radical (unpaired) electrons. The van der Waals surface area contributed by atoms with Crippen LogP contribution in [0.5, 0.6) is 0 Å².